The fourth-order valence-electron chi connectivity index (χ4n) is 3.03. The van der Waals surface area contributed by atoms with Crippen molar-refractivity contribution in [3.05, 3.63) is 41.8 Å². The van der Waals surface area contributed by atoms with Crippen molar-refractivity contribution in [2.24, 2.45) is 0 Å². The number of allylic oxidation sites excluding steroid dienone is 1. The summed E-state index contributed by atoms with van der Waals surface area (Å²) in [6, 6.07) is 8.61. The summed E-state index contributed by atoms with van der Waals surface area (Å²) < 4.78 is 11.3. The maximum absolute atomic E-state index is 5.76. The van der Waals surface area contributed by atoms with Gasteiger partial charge < -0.3 is 14.8 Å². The summed E-state index contributed by atoms with van der Waals surface area (Å²) in [6.45, 7) is 2.46. The van der Waals surface area contributed by atoms with Crippen LogP contribution in [-0.4, -0.2) is 12.8 Å². The lowest BCUT2D eigenvalue weighted by Gasteiger charge is -2.22. The van der Waals surface area contributed by atoms with Crippen molar-refractivity contribution in [3.8, 4) is 5.75 Å². The van der Waals surface area contributed by atoms with Crippen LogP contribution in [0.5, 0.6) is 5.75 Å². The third-order valence-corrected chi connectivity index (χ3v) is 4.16. The number of nitrogens with one attached hydrogen (secondary N) is 1. The molecule has 1 aromatic rings. The van der Waals surface area contributed by atoms with Gasteiger partial charge in [0.25, 0.3) is 0 Å². The van der Waals surface area contributed by atoms with Gasteiger partial charge >= 0.3 is 0 Å². The summed E-state index contributed by atoms with van der Waals surface area (Å²) in [5.74, 6) is 2.58. The van der Waals surface area contributed by atoms with Gasteiger partial charge in [-0.15, -0.1) is 0 Å². The predicted octanol–water partition coefficient (Wildman–Crippen LogP) is 3.92. The smallest absolute Gasteiger partial charge is 0.203 e. The summed E-state index contributed by atoms with van der Waals surface area (Å²) in [7, 11) is 0. The average molecular weight is 273 g/mol. The molecule has 1 heterocycles. The Morgan fingerprint density at radius 2 is 1.90 bits per heavy atom. The van der Waals surface area contributed by atoms with Gasteiger partial charge in [0.15, 0.2) is 0 Å². The van der Waals surface area contributed by atoms with Crippen molar-refractivity contribution < 1.29 is 9.47 Å². The molecule has 0 bridgehead atoms. The van der Waals surface area contributed by atoms with Gasteiger partial charge in [-0.2, -0.15) is 0 Å². The fraction of sp³-hybridized carbons (Fsp3) is 0.529. The van der Waals surface area contributed by atoms with E-state index in [0.717, 1.165) is 17.4 Å². The van der Waals surface area contributed by atoms with Crippen LogP contribution in [0.2, 0.25) is 0 Å². The van der Waals surface area contributed by atoms with Crippen LogP contribution >= 0.6 is 0 Å². The van der Waals surface area contributed by atoms with Crippen LogP contribution in [0.3, 0.4) is 0 Å². The van der Waals surface area contributed by atoms with E-state index in [1.807, 2.05) is 13.1 Å². The molecular formula is C17H23NO2. The minimum Gasteiger partial charge on any atom is -0.488 e. The molecular weight excluding hydrogens is 250 g/mol. The van der Waals surface area contributed by atoms with E-state index in [9.17, 15) is 0 Å². The number of rotatable bonds is 4. The van der Waals surface area contributed by atoms with Gasteiger partial charge in [0.1, 0.15) is 18.1 Å². The van der Waals surface area contributed by atoms with Crippen molar-refractivity contribution in [2.75, 3.05) is 6.61 Å². The zero-order valence-corrected chi connectivity index (χ0v) is 12.1. The molecule has 0 saturated heterocycles. The first-order chi connectivity index (χ1) is 9.81. The highest BCUT2D eigenvalue weighted by Crippen LogP contribution is 2.33. The summed E-state index contributed by atoms with van der Waals surface area (Å²) in [5, 5.41) is 3.13. The van der Waals surface area contributed by atoms with Crippen molar-refractivity contribution in [2.45, 2.75) is 51.2 Å². The molecule has 2 aliphatic rings. The summed E-state index contributed by atoms with van der Waals surface area (Å²) in [5.41, 5.74) is 1.46. The lowest BCUT2D eigenvalue weighted by atomic mass is 9.84. The third kappa shape index (κ3) is 3.27. The molecule has 3 rings (SSSR count). The molecule has 1 unspecified atom stereocenters. The first-order valence-corrected chi connectivity index (χ1v) is 7.63. The van der Waals surface area contributed by atoms with E-state index in [4.69, 9.17) is 9.47 Å². The van der Waals surface area contributed by atoms with E-state index in [0.29, 0.717) is 6.61 Å². The number of hydrogen-bond acceptors (Lipinski definition) is 3. The van der Waals surface area contributed by atoms with Crippen LogP contribution in [0.1, 0.15) is 50.5 Å². The lowest BCUT2D eigenvalue weighted by molar-refractivity contribution is 0.0772. The van der Waals surface area contributed by atoms with Gasteiger partial charge in [-0.05, 0) is 43.4 Å². The zero-order valence-electron chi connectivity index (χ0n) is 12.1. The van der Waals surface area contributed by atoms with Gasteiger partial charge in [0, 0.05) is 6.20 Å². The van der Waals surface area contributed by atoms with E-state index in [-0.39, 0.29) is 6.23 Å². The topological polar surface area (TPSA) is 30.5 Å². The first kappa shape index (κ1) is 13.3. The Balaban J connectivity index is 1.51. The molecule has 1 aromatic carbocycles. The number of hydrogen-bond donors (Lipinski definition) is 1. The number of benzene rings is 1. The molecule has 3 heteroatoms. The molecule has 3 nitrogen and oxygen atoms in total. The molecule has 0 amide bonds. The molecule has 1 atom stereocenters. The third-order valence-electron chi connectivity index (χ3n) is 4.16. The predicted molar refractivity (Wildman–Crippen MR) is 79.5 cm³/mol. The number of ether oxygens (including phenoxy) is 2. The highest BCUT2D eigenvalue weighted by Gasteiger charge is 2.16. The second kappa shape index (κ2) is 6.21. The van der Waals surface area contributed by atoms with Gasteiger partial charge in [-0.1, -0.05) is 31.4 Å². The van der Waals surface area contributed by atoms with Crippen LogP contribution in [0, 0.1) is 0 Å². The van der Waals surface area contributed by atoms with E-state index in [1.54, 1.807) is 0 Å². The average Bonchev–Trinajstić information content (AvgIpc) is 2.92. The van der Waals surface area contributed by atoms with Crippen LogP contribution < -0.4 is 10.1 Å². The Labute approximate surface area is 121 Å². The van der Waals surface area contributed by atoms with Crippen LogP contribution in [0.25, 0.3) is 0 Å². The summed E-state index contributed by atoms with van der Waals surface area (Å²) >= 11 is 0. The molecule has 1 aliphatic heterocycles. The van der Waals surface area contributed by atoms with E-state index >= 15 is 0 Å². The minimum atomic E-state index is -0.0620. The Morgan fingerprint density at radius 1 is 1.15 bits per heavy atom. The SMILES string of the molecule is CC1=CNC(COc2ccc(C3CCCCC3)cc2)O1. The maximum Gasteiger partial charge on any atom is 0.203 e. The van der Waals surface area contributed by atoms with Gasteiger partial charge in [0.05, 0.1) is 0 Å². The van der Waals surface area contributed by atoms with E-state index in [1.165, 1.54) is 37.7 Å². The highest BCUT2D eigenvalue weighted by molar-refractivity contribution is 5.29. The van der Waals surface area contributed by atoms with Crippen LogP contribution in [-0.2, 0) is 4.74 Å². The molecule has 108 valence electrons. The lowest BCUT2D eigenvalue weighted by Crippen LogP contribution is -2.28. The van der Waals surface area contributed by atoms with Crippen molar-refractivity contribution in [1.82, 2.24) is 5.32 Å². The molecule has 1 saturated carbocycles. The van der Waals surface area contributed by atoms with Crippen LogP contribution in [0.4, 0.5) is 0 Å². The van der Waals surface area contributed by atoms with Crippen molar-refractivity contribution in [1.29, 1.82) is 0 Å². The maximum atomic E-state index is 5.76. The first-order valence-electron chi connectivity index (χ1n) is 7.63. The van der Waals surface area contributed by atoms with Crippen molar-refractivity contribution >= 4 is 0 Å². The molecule has 0 radical (unpaired) electrons. The van der Waals surface area contributed by atoms with Gasteiger partial charge in [-0.3, -0.25) is 0 Å². The molecule has 1 fully saturated rings. The summed E-state index contributed by atoms with van der Waals surface area (Å²) in [4.78, 5) is 0. The minimum absolute atomic E-state index is 0.0620. The standard InChI is InChI=1S/C17H23NO2/c1-13-11-18-17(20-13)12-19-16-9-7-15(8-10-16)14-5-3-2-4-6-14/h7-11,14,17-18H,2-6,12H2,1H3. The molecule has 0 spiro atoms. The summed E-state index contributed by atoms with van der Waals surface area (Å²) in [6.07, 6.45) is 8.64. The Bertz CT molecular complexity index is 460. The van der Waals surface area contributed by atoms with Crippen molar-refractivity contribution in [3.63, 3.8) is 0 Å². The Hall–Kier alpha value is -1.64. The zero-order chi connectivity index (χ0) is 13.8. The second-order valence-corrected chi connectivity index (χ2v) is 5.74. The molecule has 1 aliphatic carbocycles. The van der Waals surface area contributed by atoms with Gasteiger partial charge in [-0.25, -0.2) is 0 Å². The highest BCUT2D eigenvalue weighted by atomic mass is 16.5. The quantitative estimate of drug-likeness (QED) is 0.902. The molecule has 1 N–H and O–H groups in total. The van der Waals surface area contributed by atoms with Gasteiger partial charge in [0.2, 0.25) is 6.23 Å². The van der Waals surface area contributed by atoms with E-state index < -0.39 is 0 Å². The monoisotopic (exact) mass is 273 g/mol. The van der Waals surface area contributed by atoms with E-state index in [2.05, 4.69) is 29.6 Å². The molecule has 0 aromatic heterocycles. The Morgan fingerprint density at radius 3 is 2.55 bits per heavy atom. The molecule has 20 heavy (non-hydrogen) atoms. The second-order valence-electron chi connectivity index (χ2n) is 5.74. The Kier molecular flexibility index (Phi) is 4.14. The largest absolute Gasteiger partial charge is 0.488 e. The van der Waals surface area contributed by atoms with Crippen LogP contribution in [0.15, 0.2) is 36.2 Å². The normalized spacial score (nSPS) is 22.9. The fourth-order valence-corrected chi connectivity index (χ4v) is 3.03.